The molecule has 34 heavy (non-hydrogen) atoms. The van der Waals surface area contributed by atoms with Gasteiger partial charge in [-0.1, -0.05) is 24.3 Å². The van der Waals surface area contributed by atoms with Crippen LogP contribution in [0.5, 0.6) is 11.5 Å². The molecule has 2 aliphatic heterocycles. The number of ether oxygens (including phenoxy) is 2. The maximum Gasteiger partial charge on any atom is 0.471 e. The number of para-hydroxylation sites is 4. The predicted octanol–water partition coefficient (Wildman–Crippen LogP) is 3.01. The normalized spacial score (nSPS) is 16.4. The van der Waals surface area contributed by atoms with Crippen molar-refractivity contribution < 1.29 is 27.4 Å². The zero-order chi connectivity index (χ0) is 24.6. The van der Waals surface area contributed by atoms with Crippen molar-refractivity contribution in [2.75, 3.05) is 76.4 Å². The van der Waals surface area contributed by atoms with E-state index in [-0.39, 0.29) is 13.1 Å². The van der Waals surface area contributed by atoms with Crippen molar-refractivity contribution in [3.8, 4) is 11.5 Å². The van der Waals surface area contributed by atoms with Gasteiger partial charge in [0.25, 0.3) is 0 Å². The lowest BCUT2D eigenvalue weighted by Gasteiger charge is -2.36. The third-order valence-corrected chi connectivity index (χ3v) is 5.78. The molecular formula is C24H31F3N4O3. The molecule has 2 fully saturated rings. The second kappa shape index (κ2) is 11.8. The number of benzene rings is 2. The van der Waals surface area contributed by atoms with E-state index in [1.54, 1.807) is 20.3 Å². The molecular weight excluding hydrogens is 449 g/mol. The summed E-state index contributed by atoms with van der Waals surface area (Å²) in [5, 5.41) is 3.34. The van der Waals surface area contributed by atoms with Crippen LogP contribution in [0.2, 0.25) is 0 Å². The summed E-state index contributed by atoms with van der Waals surface area (Å²) in [6.07, 6.45) is -4.80. The number of piperazine rings is 2. The average molecular weight is 481 g/mol. The summed E-state index contributed by atoms with van der Waals surface area (Å²) in [5.74, 6) is -0.130. The van der Waals surface area contributed by atoms with Gasteiger partial charge in [0.1, 0.15) is 11.5 Å². The lowest BCUT2D eigenvalue weighted by Crippen LogP contribution is -2.52. The Morgan fingerprint density at radius 1 is 0.765 bits per heavy atom. The Labute approximate surface area is 198 Å². The first kappa shape index (κ1) is 25.5. The Bertz CT molecular complexity index is 928. The van der Waals surface area contributed by atoms with Crippen LogP contribution in [0.4, 0.5) is 24.5 Å². The van der Waals surface area contributed by atoms with Crippen LogP contribution in [0, 0.1) is 0 Å². The van der Waals surface area contributed by atoms with Crippen molar-refractivity contribution >= 4 is 17.3 Å². The Morgan fingerprint density at radius 3 is 1.65 bits per heavy atom. The van der Waals surface area contributed by atoms with Gasteiger partial charge < -0.3 is 29.5 Å². The van der Waals surface area contributed by atoms with E-state index < -0.39 is 12.1 Å². The number of anilines is 2. The second-order valence-electron chi connectivity index (χ2n) is 7.86. The molecule has 1 amide bonds. The van der Waals surface area contributed by atoms with E-state index in [2.05, 4.69) is 22.3 Å². The summed E-state index contributed by atoms with van der Waals surface area (Å²) in [6, 6.07) is 15.5. The third-order valence-electron chi connectivity index (χ3n) is 5.78. The van der Waals surface area contributed by atoms with Crippen molar-refractivity contribution in [1.29, 1.82) is 0 Å². The number of carbonyl (C=O) groups is 1. The van der Waals surface area contributed by atoms with Crippen LogP contribution in [0.25, 0.3) is 0 Å². The van der Waals surface area contributed by atoms with E-state index in [1.807, 2.05) is 35.2 Å². The molecule has 0 atom stereocenters. The van der Waals surface area contributed by atoms with Crippen LogP contribution >= 0.6 is 0 Å². The molecule has 7 nitrogen and oxygen atoms in total. The molecule has 0 spiro atoms. The van der Waals surface area contributed by atoms with E-state index >= 15 is 0 Å². The molecule has 0 radical (unpaired) electrons. The lowest BCUT2D eigenvalue weighted by molar-refractivity contribution is -0.185. The van der Waals surface area contributed by atoms with E-state index in [9.17, 15) is 18.0 Å². The number of alkyl halides is 3. The van der Waals surface area contributed by atoms with Gasteiger partial charge in [0.05, 0.1) is 25.6 Å². The quantitative estimate of drug-likeness (QED) is 0.726. The smallest absolute Gasteiger partial charge is 0.471 e. The number of hydrogen-bond acceptors (Lipinski definition) is 6. The molecule has 2 heterocycles. The minimum atomic E-state index is -4.80. The van der Waals surface area contributed by atoms with Gasteiger partial charge >= 0.3 is 12.1 Å². The van der Waals surface area contributed by atoms with Gasteiger partial charge in [0.15, 0.2) is 0 Å². The predicted molar refractivity (Wildman–Crippen MR) is 126 cm³/mol. The largest absolute Gasteiger partial charge is 0.495 e. The highest BCUT2D eigenvalue weighted by Crippen LogP contribution is 2.29. The molecule has 0 aromatic heterocycles. The first-order valence-electron chi connectivity index (χ1n) is 11.2. The summed E-state index contributed by atoms with van der Waals surface area (Å²) < 4.78 is 47.6. The molecule has 2 aromatic carbocycles. The molecule has 4 rings (SSSR count). The molecule has 2 aromatic rings. The van der Waals surface area contributed by atoms with Gasteiger partial charge in [-0.2, -0.15) is 13.2 Å². The highest BCUT2D eigenvalue weighted by atomic mass is 19.4. The molecule has 2 saturated heterocycles. The molecule has 0 unspecified atom stereocenters. The molecule has 0 saturated carbocycles. The number of hydrogen-bond donors (Lipinski definition) is 1. The van der Waals surface area contributed by atoms with Crippen molar-refractivity contribution in [3.05, 3.63) is 48.5 Å². The number of methoxy groups -OCH3 is 2. The van der Waals surface area contributed by atoms with E-state index in [4.69, 9.17) is 9.47 Å². The van der Waals surface area contributed by atoms with E-state index in [1.165, 1.54) is 5.69 Å². The fourth-order valence-corrected chi connectivity index (χ4v) is 4.02. The second-order valence-corrected chi connectivity index (χ2v) is 7.86. The van der Waals surface area contributed by atoms with Crippen molar-refractivity contribution in [3.63, 3.8) is 0 Å². The van der Waals surface area contributed by atoms with Gasteiger partial charge in [-0.3, -0.25) is 4.79 Å². The average Bonchev–Trinajstić information content (AvgIpc) is 2.88. The summed E-state index contributed by atoms with van der Waals surface area (Å²) in [4.78, 5) is 16.3. The van der Waals surface area contributed by atoms with E-state index in [0.29, 0.717) is 18.8 Å². The maximum atomic E-state index is 12.3. The number of nitrogens with one attached hydrogen (secondary N) is 1. The molecule has 186 valence electrons. The number of nitrogens with zero attached hydrogens (tertiary/aromatic N) is 3. The van der Waals surface area contributed by atoms with Crippen LogP contribution in [0.3, 0.4) is 0 Å². The summed E-state index contributed by atoms with van der Waals surface area (Å²) in [5.41, 5.74) is 2.03. The first-order chi connectivity index (χ1) is 16.3. The van der Waals surface area contributed by atoms with Crippen molar-refractivity contribution in [2.24, 2.45) is 0 Å². The highest BCUT2D eigenvalue weighted by molar-refractivity contribution is 5.82. The zero-order valence-electron chi connectivity index (χ0n) is 19.5. The van der Waals surface area contributed by atoms with Crippen LogP contribution < -0.4 is 24.6 Å². The molecule has 2 aliphatic rings. The number of amides is 1. The van der Waals surface area contributed by atoms with Crippen molar-refractivity contribution in [2.45, 2.75) is 6.18 Å². The van der Waals surface area contributed by atoms with Crippen LogP contribution in [-0.2, 0) is 4.79 Å². The fourth-order valence-electron chi connectivity index (χ4n) is 4.02. The topological polar surface area (TPSA) is 57.3 Å². The highest BCUT2D eigenvalue weighted by Gasteiger charge is 2.43. The summed E-state index contributed by atoms with van der Waals surface area (Å²) >= 11 is 0. The minimum absolute atomic E-state index is 0.0520. The van der Waals surface area contributed by atoms with Crippen molar-refractivity contribution in [1.82, 2.24) is 10.2 Å². The number of rotatable bonds is 4. The molecule has 1 N–H and O–H groups in total. The molecule has 0 aliphatic carbocycles. The summed E-state index contributed by atoms with van der Waals surface area (Å²) in [7, 11) is 3.27. The minimum Gasteiger partial charge on any atom is -0.495 e. The van der Waals surface area contributed by atoms with Gasteiger partial charge in [-0.25, -0.2) is 0 Å². The van der Waals surface area contributed by atoms with Crippen LogP contribution in [0.1, 0.15) is 0 Å². The van der Waals surface area contributed by atoms with Crippen LogP contribution in [-0.4, -0.2) is 83.6 Å². The van der Waals surface area contributed by atoms with Crippen LogP contribution in [0.15, 0.2) is 48.5 Å². The molecule has 10 heteroatoms. The monoisotopic (exact) mass is 480 g/mol. The SMILES string of the molecule is COc1ccccc1N1CCN(C(=O)C(F)(F)F)CC1.COc1ccccc1N1CCNCC1. The molecule has 0 bridgehead atoms. The first-order valence-corrected chi connectivity index (χ1v) is 11.2. The zero-order valence-corrected chi connectivity index (χ0v) is 19.5. The Hall–Kier alpha value is -3.14. The van der Waals surface area contributed by atoms with E-state index in [0.717, 1.165) is 42.5 Å². The maximum absolute atomic E-state index is 12.3. The standard InChI is InChI=1S/C13H15F3N2O2.C11H16N2O/c1-20-11-5-3-2-4-10(11)17-6-8-18(9-7-17)12(19)13(14,15)16;1-14-11-5-3-2-4-10(11)13-8-6-12-7-9-13/h2-5H,6-9H2,1H3;2-5,12H,6-9H2,1H3. The number of halogens is 3. The lowest BCUT2D eigenvalue weighted by atomic mass is 10.2. The third kappa shape index (κ3) is 6.47. The van der Waals surface area contributed by atoms with Gasteiger partial charge in [0, 0.05) is 52.4 Å². The fraction of sp³-hybridized carbons (Fsp3) is 0.458. The summed E-state index contributed by atoms with van der Waals surface area (Å²) in [6.45, 7) is 5.02. The Morgan fingerprint density at radius 2 is 1.21 bits per heavy atom. The van der Waals surface area contributed by atoms with Gasteiger partial charge in [0.2, 0.25) is 0 Å². The van der Waals surface area contributed by atoms with Gasteiger partial charge in [-0.05, 0) is 24.3 Å². The Kier molecular flexibility index (Phi) is 8.86. The van der Waals surface area contributed by atoms with Gasteiger partial charge in [-0.15, -0.1) is 0 Å². The Balaban J connectivity index is 0.000000202. The number of carbonyl (C=O) groups excluding carboxylic acids is 1.